The van der Waals surface area contributed by atoms with E-state index in [2.05, 4.69) is 4.98 Å². The van der Waals surface area contributed by atoms with Crippen LogP contribution in [0.4, 0.5) is 0 Å². The average molecular weight is 278 g/mol. The summed E-state index contributed by atoms with van der Waals surface area (Å²) in [6.45, 7) is 0. The summed E-state index contributed by atoms with van der Waals surface area (Å²) in [7, 11) is 1.54. The number of rotatable bonds is 2. The number of hydrogen-bond acceptors (Lipinski definition) is 5. The fourth-order valence-corrected chi connectivity index (χ4v) is 2.02. The van der Waals surface area contributed by atoms with E-state index in [0.29, 0.717) is 27.8 Å². The van der Waals surface area contributed by atoms with Crippen LogP contribution in [-0.2, 0) is 0 Å². The minimum atomic E-state index is -0.378. The van der Waals surface area contributed by atoms with Gasteiger partial charge in [-0.3, -0.25) is 4.79 Å². The second kappa shape index (κ2) is 5.10. The largest absolute Gasteiger partial charge is 0.497 e. The van der Waals surface area contributed by atoms with Crippen molar-refractivity contribution in [3.8, 4) is 23.3 Å². The molecule has 0 saturated heterocycles. The van der Waals surface area contributed by atoms with Crippen LogP contribution >= 0.6 is 0 Å². The number of methoxy groups -OCH3 is 1. The standard InChI is InChI=1S/C16H10N2O3/c1-20-12-5-6-13-14(8-12)21-16(18-15(13)19)11-4-2-3-10(7-11)9-17/h2-8H,1H3. The number of benzene rings is 2. The number of hydrogen-bond donors (Lipinski definition) is 0. The van der Waals surface area contributed by atoms with Gasteiger partial charge in [-0.1, -0.05) is 6.07 Å². The molecule has 0 N–H and O–H groups in total. The Morgan fingerprint density at radius 1 is 1.24 bits per heavy atom. The Bertz CT molecular complexity index is 923. The van der Waals surface area contributed by atoms with Gasteiger partial charge in [-0.25, -0.2) is 0 Å². The van der Waals surface area contributed by atoms with Crippen molar-refractivity contribution in [3.05, 3.63) is 58.4 Å². The molecule has 5 heteroatoms. The Balaban J connectivity index is 2.24. The molecule has 0 aliphatic heterocycles. The topological polar surface area (TPSA) is 76.1 Å². The number of ether oxygens (including phenoxy) is 1. The van der Waals surface area contributed by atoms with Crippen LogP contribution in [-0.4, -0.2) is 12.1 Å². The van der Waals surface area contributed by atoms with Crippen molar-refractivity contribution >= 4 is 11.0 Å². The van der Waals surface area contributed by atoms with Crippen LogP contribution in [0.15, 0.2) is 51.7 Å². The highest BCUT2D eigenvalue weighted by molar-refractivity contribution is 5.78. The molecule has 0 spiro atoms. The molecule has 0 aliphatic carbocycles. The van der Waals surface area contributed by atoms with Crippen LogP contribution < -0.4 is 10.3 Å². The third-order valence-electron chi connectivity index (χ3n) is 3.07. The van der Waals surface area contributed by atoms with Crippen molar-refractivity contribution < 1.29 is 9.15 Å². The summed E-state index contributed by atoms with van der Waals surface area (Å²) in [6.07, 6.45) is 0. The average Bonchev–Trinajstić information content (AvgIpc) is 2.54. The van der Waals surface area contributed by atoms with Crippen molar-refractivity contribution in [2.75, 3.05) is 7.11 Å². The van der Waals surface area contributed by atoms with Crippen molar-refractivity contribution in [1.82, 2.24) is 4.98 Å². The third kappa shape index (κ3) is 2.35. The summed E-state index contributed by atoms with van der Waals surface area (Å²) in [5, 5.41) is 9.31. The van der Waals surface area contributed by atoms with E-state index in [0.717, 1.165) is 0 Å². The van der Waals surface area contributed by atoms with Gasteiger partial charge in [-0.2, -0.15) is 10.2 Å². The maximum atomic E-state index is 12.1. The molecule has 2 aromatic carbocycles. The van der Waals surface area contributed by atoms with Crippen molar-refractivity contribution in [2.45, 2.75) is 0 Å². The minimum absolute atomic E-state index is 0.179. The van der Waals surface area contributed by atoms with E-state index in [9.17, 15) is 4.79 Å². The Morgan fingerprint density at radius 3 is 2.86 bits per heavy atom. The molecule has 21 heavy (non-hydrogen) atoms. The van der Waals surface area contributed by atoms with E-state index in [1.165, 1.54) is 7.11 Å². The van der Waals surface area contributed by atoms with Crippen molar-refractivity contribution in [1.29, 1.82) is 5.26 Å². The van der Waals surface area contributed by atoms with Crippen molar-refractivity contribution in [3.63, 3.8) is 0 Å². The number of nitrogens with zero attached hydrogens (tertiary/aromatic N) is 2. The first-order chi connectivity index (χ1) is 10.2. The molecule has 0 bridgehead atoms. The maximum absolute atomic E-state index is 12.1. The van der Waals surface area contributed by atoms with Gasteiger partial charge < -0.3 is 9.15 Å². The van der Waals surface area contributed by atoms with Gasteiger partial charge in [0, 0.05) is 11.6 Å². The normalized spacial score (nSPS) is 10.3. The van der Waals surface area contributed by atoms with E-state index < -0.39 is 0 Å². The highest BCUT2D eigenvalue weighted by Crippen LogP contribution is 2.23. The van der Waals surface area contributed by atoms with Gasteiger partial charge in [-0.15, -0.1) is 0 Å². The quantitative estimate of drug-likeness (QED) is 0.720. The molecule has 0 saturated carbocycles. The lowest BCUT2D eigenvalue weighted by molar-refractivity contribution is 0.414. The number of aromatic nitrogens is 1. The summed E-state index contributed by atoms with van der Waals surface area (Å²) in [4.78, 5) is 16.0. The van der Waals surface area contributed by atoms with Crippen LogP contribution in [0.1, 0.15) is 5.56 Å². The molecule has 3 rings (SSSR count). The minimum Gasteiger partial charge on any atom is -0.497 e. The lowest BCUT2D eigenvalue weighted by atomic mass is 10.1. The zero-order chi connectivity index (χ0) is 14.8. The summed E-state index contributed by atoms with van der Waals surface area (Å²) < 4.78 is 10.8. The van der Waals surface area contributed by atoms with Crippen LogP contribution in [0.3, 0.4) is 0 Å². The Kier molecular flexibility index (Phi) is 3.13. The van der Waals surface area contributed by atoms with E-state index >= 15 is 0 Å². The molecule has 0 amide bonds. The molecule has 5 nitrogen and oxygen atoms in total. The molecule has 102 valence electrons. The molecule has 0 unspecified atom stereocenters. The fraction of sp³-hybridized carbons (Fsp3) is 0.0625. The summed E-state index contributed by atoms with van der Waals surface area (Å²) in [5.74, 6) is 0.770. The fourth-order valence-electron chi connectivity index (χ4n) is 2.02. The zero-order valence-corrected chi connectivity index (χ0v) is 11.2. The first kappa shape index (κ1) is 12.9. The number of fused-ring (bicyclic) bond motifs is 1. The molecule has 0 atom stereocenters. The van der Waals surface area contributed by atoms with Gasteiger partial charge in [0.15, 0.2) is 0 Å². The summed E-state index contributed by atoms with van der Waals surface area (Å²) in [6, 6.07) is 13.7. The molecule has 1 heterocycles. The van der Waals surface area contributed by atoms with E-state index in [4.69, 9.17) is 14.4 Å². The predicted molar refractivity (Wildman–Crippen MR) is 77.0 cm³/mol. The van der Waals surface area contributed by atoms with Crippen molar-refractivity contribution in [2.24, 2.45) is 0 Å². The zero-order valence-electron chi connectivity index (χ0n) is 11.2. The second-order valence-corrected chi connectivity index (χ2v) is 4.38. The molecular formula is C16H10N2O3. The first-order valence-electron chi connectivity index (χ1n) is 6.20. The highest BCUT2D eigenvalue weighted by atomic mass is 16.5. The Labute approximate surface area is 120 Å². The first-order valence-corrected chi connectivity index (χ1v) is 6.20. The van der Waals surface area contributed by atoms with Crippen LogP contribution in [0.5, 0.6) is 5.75 Å². The van der Waals surface area contributed by atoms with E-state index in [1.54, 1.807) is 42.5 Å². The highest BCUT2D eigenvalue weighted by Gasteiger charge is 2.10. The summed E-state index contributed by atoms with van der Waals surface area (Å²) in [5.41, 5.74) is 1.07. The third-order valence-corrected chi connectivity index (χ3v) is 3.07. The van der Waals surface area contributed by atoms with Gasteiger partial charge in [0.1, 0.15) is 11.3 Å². The Morgan fingerprint density at radius 2 is 2.10 bits per heavy atom. The summed E-state index contributed by atoms with van der Waals surface area (Å²) >= 11 is 0. The molecule has 0 radical (unpaired) electrons. The molecule has 0 fully saturated rings. The van der Waals surface area contributed by atoms with Gasteiger partial charge in [0.2, 0.25) is 5.89 Å². The molecular weight excluding hydrogens is 268 g/mol. The molecule has 3 aromatic rings. The predicted octanol–water partition coefficient (Wildman–Crippen LogP) is 2.74. The van der Waals surface area contributed by atoms with Crippen LogP contribution in [0, 0.1) is 11.3 Å². The lowest BCUT2D eigenvalue weighted by Crippen LogP contribution is -2.07. The second-order valence-electron chi connectivity index (χ2n) is 4.38. The van der Waals surface area contributed by atoms with E-state index in [-0.39, 0.29) is 11.4 Å². The van der Waals surface area contributed by atoms with Gasteiger partial charge >= 0.3 is 0 Å². The van der Waals surface area contributed by atoms with E-state index in [1.807, 2.05) is 6.07 Å². The van der Waals surface area contributed by atoms with Crippen LogP contribution in [0.2, 0.25) is 0 Å². The van der Waals surface area contributed by atoms with Gasteiger partial charge in [-0.05, 0) is 30.3 Å². The monoisotopic (exact) mass is 278 g/mol. The van der Waals surface area contributed by atoms with Gasteiger partial charge in [0.25, 0.3) is 5.56 Å². The SMILES string of the molecule is COc1ccc2c(=O)nc(-c3cccc(C#N)c3)oc2c1. The Hall–Kier alpha value is -3.13. The van der Waals surface area contributed by atoms with Gasteiger partial charge in [0.05, 0.1) is 24.1 Å². The molecule has 0 aliphatic rings. The smallest absolute Gasteiger partial charge is 0.284 e. The number of nitriles is 1. The molecule has 1 aromatic heterocycles. The maximum Gasteiger partial charge on any atom is 0.284 e. The van der Waals surface area contributed by atoms with Crippen LogP contribution in [0.25, 0.3) is 22.4 Å². The lowest BCUT2D eigenvalue weighted by Gasteiger charge is -2.04.